The Labute approximate surface area is 192 Å². The van der Waals surface area contributed by atoms with Crippen LogP contribution in [0.4, 0.5) is 5.69 Å². The molecule has 3 aromatic carbocycles. The third-order valence-corrected chi connectivity index (χ3v) is 7.22. The standard InChI is InChI=1S/C23H22Cl2N2O3S/c1-17-7-10-20(11-8-17)26-23(28)16-27(14-13-18-5-3-2-4-6-18)31(29,30)22-15-19(24)9-12-21(22)25/h2-12,15H,13-14,16H2,1H3,(H,26,28). The van der Waals surface area contributed by atoms with Crippen molar-refractivity contribution in [3.05, 3.63) is 94.0 Å². The molecule has 0 bridgehead atoms. The van der Waals surface area contributed by atoms with E-state index in [1.165, 1.54) is 18.2 Å². The van der Waals surface area contributed by atoms with Crippen LogP contribution >= 0.6 is 23.2 Å². The molecular weight excluding hydrogens is 455 g/mol. The summed E-state index contributed by atoms with van der Waals surface area (Å²) in [5.41, 5.74) is 2.61. The number of rotatable bonds is 8. The van der Waals surface area contributed by atoms with Crippen LogP contribution in [0.1, 0.15) is 11.1 Å². The summed E-state index contributed by atoms with van der Waals surface area (Å²) in [5.74, 6) is -0.446. The molecule has 0 aliphatic heterocycles. The molecule has 0 atom stereocenters. The normalized spacial score (nSPS) is 11.5. The zero-order valence-electron chi connectivity index (χ0n) is 16.9. The first-order valence-corrected chi connectivity index (χ1v) is 11.8. The molecule has 1 N–H and O–H groups in total. The molecule has 3 rings (SSSR count). The molecular formula is C23H22Cl2N2O3S. The van der Waals surface area contributed by atoms with Crippen LogP contribution in [0.15, 0.2) is 77.7 Å². The molecule has 8 heteroatoms. The Morgan fingerprint density at radius 2 is 1.65 bits per heavy atom. The molecule has 1 amide bonds. The average Bonchev–Trinajstić information content (AvgIpc) is 2.75. The van der Waals surface area contributed by atoms with E-state index in [2.05, 4.69) is 5.32 Å². The first-order valence-electron chi connectivity index (χ1n) is 9.61. The topological polar surface area (TPSA) is 66.5 Å². The third kappa shape index (κ3) is 6.31. The zero-order chi connectivity index (χ0) is 22.4. The predicted molar refractivity (Wildman–Crippen MR) is 125 cm³/mol. The van der Waals surface area contributed by atoms with E-state index in [9.17, 15) is 13.2 Å². The van der Waals surface area contributed by atoms with Gasteiger partial charge in [-0.05, 0) is 49.2 Å². The average molecular weight is 477 g/mol. The summed E-state index contributed by atoms with van der Waals surface area (Å²) in [5, 5.41) is 3.04. The highest BCUT2D eigenvalue weighted by Gasteiger charge is 2.29. The Balaban J connectivity index is 1.85. The highest BCUT2D eigenvalue weighted by molar-refractivity contribution is 7.89. The van der Waals surface area contributed by atoms with E-state index in [1.807, 2.05) is 49.4 Å². The van der Waals surface area contributed by atoms with E-state index in [0.29, 0.717) is 12.1 Å². The fraction of sp³-hybridized carbons (Fsp3) is 0.174. The number of nitrogens with one attached hydrogen (secondary N) is 1. The molecule has 0 radical (unpaired) electrons. The maximum Gasteiger partial charge on any atom is 0.245 e. The number of carbonyl (C=O) groups is 1. The Morgan fingerprint density at radius 3 is 2.32 bits per heavy atom. The number of hydrogen-bond acceptors (Lipinski definition) is 3. The first kappa shape index (κ1) is 23.3. The number of nitrogens with zero attached hydrogens (tertiary/aromatic N) is 1. The highest BCUT2D eigenvalue weighted by Crippen LogP contribution is 2.28. The second kappa shape index (κ2) is 10.3. The maximum atomic E-state index is 13.4. The van der Waals surface area contributed by atoms with Crippen LogP contribution in [-0.2, 0) is 21.2 Å². The van der Waals surface area contributed by atoms with Crippen molar-refractivity contribution >= 4 is 44.8 Å². The lowest BCUT2D eigenvalue weighted by molar-refractivity contribution is -0.116. The summed E-state index contributed by atoms with van der Waals surface area (Å²) in [7, 11) is -4.06. The summed E-state index contributed by atoms with van der Waals surface area (Å²) >= 11 is 12.2. The Bertz CT molecular complexity index is 1150. The maximum absolute atomic E-state index is 13.4. The summed E-state index contributed by atoms with van der Waals surface area (Å²) in [4.78, 5) is 12.5. The van der Waals surface area contributed by atoms with Crippen molar-refractivity contribution in [2.75, 3.05) is 18.4 Å². The molecule has 0 unspecified atom stereocenters. The van der Waals surface area contributed by atoms with Crippen molar-refractivity contribution in [1.29, 1.82) is 0 Å². The minimum Gasteiger partial charge on any atom is -0.325 e. The molecule has 0 saturated heterocycles. The molecule has 0 aliphatic rings. The smallest absolute Gasteiger partial charge is 0.245 e. The molecule has 0 aromatic heterocycles. The van der Waals surface area contributed by atoms with Gasteiger partial charge in [0, 0.05) is 17.3 Å². The van der Waals surface area contributed by atoms with Gasteiger partial charge in [0.1, 0.15) is 4.90 Å². The van der Waals surface area contributed by atoms with Gasteiger partial charge in [0.2, 0.25) is 15.9 Å². The van der Waals surface area contributed by atoms with Crippen molar-refractivity contribution in [2.24, 2.45) is 0 Å². The molecule has 162 valence electrons. The van der Waals surface area contributed by atoms with E-state index >= 15 is 0 Å². The molecule has 31 heavy (non-hydrogen) atoms. The van der Waals surface area contributed by atoms with E-state index < -0.39 is 15.9 Å². The van der Waals surface area contributed by atoms with Crippen LogP contribution in [0.25, 0.3) is 0 Å². The second-order valence-corrected chi connectivity index (χ2v) is 9.81. The number of benzene rings is 3. The lowest BCUT2D eigenvalue weighted by atomic mass is 10.1. The largest absolute Gasteiger partial charge is 0.325 e. The molecule has 3 aromatic rings. The lowest BCUT2D eigenvalue weighted by Gasteiger charge is -2.22. The minimum absolute atomic E-state index is 0.0491. The van der Waals surface area contributed by atoms with E-state index in [-0.39, 0.29) is 28.0 Å². The molecule has 0 aliphatic carbocycles. The lowest BCUT2D eigenvalue weighted by Crippen LogP contribution is -2.39. The van der Waals surface area contributed by atoms with Gasteiger partial charge in [0.15, 0.2) is 0 Å². The van der Waals surface area contributed by atoms with Gasteiger partial charge in [0.25, 0.3) is 0 Å². The SMILES string of the molecule is Cc1ccc(NC(=O)CN(CCc2ccccc2)S(=O)(=O)c2cc(Cl)ccc2Cl)cc1. The van der Waals surface area contributed by atoms with E-state index in [0.717, 1.165) is 15.4 Å². The van der Waals surface area contributed by atoms with Crippen molar-refractivity contribution in [3.8, 4) is 0 Å². The first-order chi connectivity index (χ1) is 14.8. The fourth-order valence-electron chi connectivity index (χ4n) is 2.99. The zero-order valence-corrected chi connectivity index (χ0v) is 19.2. The van der Waals surface area contributed by atoms with Gasteiger partial charge < -0.3 is 5.32 Å². The molecule has 0 heterocycles. The summed E-state index contributed by atoms with van der Waals surface area (Å²) in [6.07, 6.45) is 0.441. The molecule has 0 saturated carbocycles. The van der Waals surface area contributed by atoms with Gasteiger partial charge in [-0.15, -0.1) is 0 Å². The minimum atomic E-state index is -4.06. The number of hydrogen-bond donors (Lipinski definition) is 1. The monoisotopic (exact) mass is 476 g/mol. The van der Waals surface area contributed by atoms with Crippen LogP contribution in [0, 0.1) is 6.92 Å². The number of sulfonamides is 1. The van der Waals surface area contributed by atoms with Crippen molar-refractivity contribution in [3.63, 3.8) is 0 Å². The van der Waals surface area contributed by atoms with Gasteiger partial charge >= 0.3 is 0 Å². The van der Waals surface area contributed by atoms with Gasteiger partial charge in [-0.3, -0.25) is 4.79 Å². The van der Waals surface area contributed by atoms with Crippen molar-refractivity contribution in [1.82, 2.24) is 4.31 Å². The summed E-state index contributed by atoms with van der Waals surface area (Å²) < 4.78 is 27.9. The van der Waals surface area contributed by atoms with Crippen LogP contribution in [0.3, 0.4) is 0 Å². The van der Waals surface area contributed by atoms with E-state index in [1.54, 1.807) is 12.1 Å². The number of aryl methyl sites for hydroxylation is 1. The Hall–Kier alpha value is -2.38. The van der Waals surface area contributed by atoms with Gasteiger partial charge in [-0.1, -0.05) is 71.2 Å². The predicted octanol–water partition coefficient (Wildman–Crippen LogP) is 5.17. The number of anilines is 1. The third-order valence-electron chi connectivity index (χ3n) is 4.66. The Morgan fingerprint density at radius 1 is 0.968 bits per heavy atom. The van der Waals surface area contributed by atoms with Crippen LogP contribution < -0.4 is 5.32 Å². The summed E-state index contributed by atoms with van der Waals surface area (Å²) in [6, 6.07) is 21.0. The van der Waals surface area contributed by atoms with Crippen LogP contribution in [-0.4, -0.2) is 31.7 Å². The van der Waals surface area contributed by atoms with Crippen LogP contribution in [0.2, 0.25) is 10.0 Å². The molecule has 0 spiro atoms. The molecule has 0 fully saturated rings. The Kier molecular flexibility index (Phi) is 7.73. The molecule has 5 nitrogen and oxygen atoms in total. The highest BCUT2D eigenvalue weighted by atomic mass is 35.5. The number of carbonyl (C=O) groups excluding carboxylic acids is 1. The fourth-order valence-corrected chi connectivity index (χ4v) is 5.13. The van der Waals surface area contributed by atoms with Gasteiger partial charge in [0.05, 0.1) is 11.6 Å². The summed E-state index contributed by atoms with van der Waals surface area (Å²) in [6.45, 7) is 1.70. The number of halogens is 2. The van der Waals surface area contributed by atoms with Crippen LogP contribution in [0.5, 0.6) is 0 Å². The number of amides is 1. The van der Waals surface area contributed by atoms with Gasteiger partial charge in [-0.2, -0.15) is 4.31 Å². The van der Waals surface area contributed by atoms with Crippen molar-refractivity contribution in [2.45, 2.75) is 18.2 Å². The van der Waals surface area contributed by atoms with Gasteiger partial charge in [-0.25, -0.2) is 8.42 Å². The van der Waals surface area contributed by atoms with E-state index in [4.69, 9.17) is 23.2 Å². The second-order valence-electron chi connectivity index (χ2n) is 7.06. The van der Waals surface area contributed by atoms with Crippen molar-refractivity contribution < 1.29 is 13.2 Å². The quantitative estimate of drug-likeness (QED) is 0.487.